The second-order valence-corrected chi connectivity index (χ2v) is 11.0. The third-order valence-electron chi connectivity index (χ3n) is 7.37. The van der Waals surface area contributed by atoms with Crippen LogP contribution >= 0.6 is 15.9 Å². The first kappa shape index (κ1) is 23.9. The van der Waals surface area contributed by atoms with Crippen LogP contribution in [0.1, 0.15) is 60.5 Å². The van der Waals surface area contributed by atoms with Gasteiger partial charge in [-0.05, 0) is 49.6 Å². The highest BCUT2D eigenvalue weighted by molar-refractivity contribution is 9.10. The summed E-state index contributed by atoms with van der Waals surface area (Å²) in [5.74, 6) is 1.02. The van der Waals surface area contributed by atoms with Crippen molar-refractivity contribution in [2.75, 3.05) is 0 Å². The van der Waals surface area contributed by atoms with E-state index in [0.29, 0.717) is 5.39 Å². The first-order valence-electron chi connectivity index (χ1n) is 13.0. The van der Waals surface area contributed by atoms with Gasteiger partial charge in [-0.3, -0.25) is 4.79 Å². The minimum absolute atomic E-state index is 0.119. The van der Waals surface area contributed by atoms with Crippen LogP contribution in [0.2, 0.25) is 0 Å². The maximum absolute atomic E-state index is 13.7. The lowest BCUT2D eigenvalue weighted by atomic mass is 9.88. The van der Waals surface area contributed by atoms with E-state index in [1.807, 2.05) is 30.5 Å². The minimum Gasteiger partial charge on any atom is -0.342 e. The fraction of sp³-hybridized carbons (Fsp3) is 0.258. The molecule has 0 bridgehead atoms. The van der Waals surface area contributed by atoms with Gasteiger partial charge in [0.2, 0.25) is 0 Å². The van der Waals surface area contributed by atoms with Gasteiger partial charge in [-0.25, -0.2) is 4.98 Å². The topological polar surface area (TPSA) is 52.2 Å². The summed E-state index contributed by atoms with van der Waals surface area (Å²) in [7, 11) is 0. The zero-order chi connectivity index (χ0) is 25.4. The number of hydrogen-bond donors (Lipinski definition) is 0. The molecule has 0 unspecified atom stereocenters. The van der Waals surface area contributed by atoms with Crippen molar-refractivity contribution in [3.05, 3.63) is 110 Å². The lowest BCUT2D eigenvalue weighted by Crippen LogP contribution is -2.25. The second kappa shape index (κ2) is 10.1. The molecule has 1 fully saturated rings. The Bertz CT molecular complexity index is 1690. The van der Waals surface area contributed by atoms with Crippen molar-refractivity contribution >= 4 is 44.0 Å². The summed E-state index contributed by atoms with van der Waals surface area (Å²) in [6, 6.07) is 22.7. The molecule has 6 rings (SSSR count). The van der Waals surface area contributed by atoms with Gasteiger partial charge in [0.1, 0.15) is 5.82 Å². The van der Waals surface area contributed by atoms with E-state index in [9.17, 15) is 4.79 Å². The molecule has 186 valence electrons. The molecule has 3 aromatic carbocycles. The van der Waals surface area contributed by atoms with Crippen LogP contribution in [0.5, 0.6) is 0 Å². The Morgan fingerprint density at radius 1 is 1.00 bits per heavy atom. The summed E-state index contributed by atoms with van der Waals surface area (Å²) >= 11 is 3.51. The predicted octanol–water partition coefficient (Wildman–Crippen LogP) is 7.40. The average molecular weight is 554 g/mol. The molecule has 0 spiro atoms. The smallest absolute Gasteiger partial charge is 0.282 e. The molecule has 1 aliphatic rings. The lowest BCUT2D eigenvalue weighted by molar-refractivity contribution is 0.416. The van der Waals surface area contributed by atoms with E-state index in [0.717, 1.165) is 64.5 Å². The Morgan fingerprint density at radius 2 is 1.84 bits per heavy atom. The summed E-state index contributed by atoms with van der Waals surface area (Å²) in [6.07, 6.45) is 9.61. The van der Waals surface area contributed by atoms with Crippen LogP contribution in [0, 0.1) is 6.92 Å². The zero-order valence-electron chi connectivity index (χ0n) is 20.9. The van der Waals surface area contributed by atoms with Gasteiger partial charge in [-0.2, -0.15) is 9.78 Å². The zero-order valence-corrected chi connectivity index (χ0v) is 22.5. The van der Waals surface area contributed by atoms with Crippen molar-refractivity contribution < 1.29 is 0 Å². The quantitative estimate of drug-likeness (QED) is 0.213. The van der Waals surface area contributed by atoms with Crippen molar-refractivity contribution in [1.82, 2.24) is 14.2 Å². The maximum atomic E-state index is 13.7. The van der Waals surface area contributed by atoms with Gasteiger partial charge in [-0.1, -0.05) is 83.2 Å². The van der Waals surface area contributed by atoms with E-state index in [1.165, 1.54) is 17.5 Å². The minimum atomic E-state index is -0.119. The SMILES string of the molecule is Cc1cccc(Cn2cc(C=Nn3c(C4CCCCC4)nc4ccc(Br)cc4c3=O)c3ccccc32)c1. The van der Waals surface area contributed by atoms with E-state index in [-0.39, 0.29) is 11.5 Å². The third kappa shape index (κ3) is 4.78. The highest BCUT2D eigenvalue weighted by atomic mass is 79.9. The summed E-state index contributed by atoms with van der Waals surface area (Å²) in [4.78, 5) is 18.7. The summed E-state index contributed by atoms with van der Waals surface area (Å²) in [6.45, 7) is 2.89. The number of fused-ring (bicyclic) bond motifs is 2. The van der Waals surface area contributed by atoms with Crippen LogP contribution in [-0.2, 0) is 6.54 Å². The number of benzene rings is 3. The number of aryl methyl sites for hydroxylation is 1. The van der Waals surface area contributed by atoms with Crippen LogP contribution in [0.15, 0.2) is 87.3 Å². The van der Waals surface area contributed by atoms with Gasteiger partial charge in [0.25, 0.3) is 5.56 Å². The molecule has 0 N–H and O–H groups in total. The van der Waals surface area contributed by atoms with Gasteiger partial charge in [0.05, 0.1) is 17.1 Å². The van der Waals surface area contributed by atoms with Crippen LogP contribution in [0.25, 0.3) is 21.8 Å². The molecule has 5 nitrogen and oxygen atoms in total. The first-order chi connectivity index (χ1) is 18.1. The molecule has 2 aromatic heterocycles. The number of nitrogens with zero attached hydrogens (tertiary/aromatic N) is 4. The molecule has 0 atom stereocenters. The Morgan fingerprint density at radius 3 is 2.68 bits per heavy atom. The molecule has 0 amide bonds. The maximum Gasteiger partial charge on any atom is 0.282 e. The lowest BCUT2D eigenvalue weighted by Gasteiger charge is -2.22. The average Bonchev–Trinajstić information content (AvgIpc) is 3.26. The fourth-order valence-corrected chi connectivity index (χ4v) is 5.90. The number of rotatable bonds is 5. The van der Waals surface area contributed by atoms with Crippen LogP contribution in [0.3, 0.4) is 0 Å². The Hall–Kier alpha value is -3.51. The van der Waals surface area contributed by atoms with E-state index >= 15 is 0 Å². The van der Waals surface area contributed by atoms with Gasteiger partial charge in [0, 0.05) is 39.6 Å². The Kier molecular flexibility index (Phi) is 6.51. The molecule has 5 aromatic rings. The van der Waals surface area contributed by atoms with E-state index in [4.69, 9.17) is 10.1 Å². The van der Waals surface area contributed by atoms with Crippen LogP contribution in [0.4, 0.5) is 0 Å². The Labute approximate surface area is 224 Å². The largest absolute Gasteiger partial charge is 0.342 e. The Balaban J connectivity index is 1.46. The molecule has 1 aliphatic carbocycles. The monoisotopic (exact) mass is 552 g/mol. The van der Waals surface area contributed by atoms with Crippen molar-refractivity contribution in [2.24, 2.45) is 5.10 Å². The van der Waals surface area contributed by atoms with Crippen molar-refractivity contribution in [2.45, 2.75) is 51.5 Å². The fourth-order valence-electron chi connectivity index (χ4n) is 5.54. The molecule has 2 heterocycles. The van der Waals surface area contributed by atoms with Crippen molar-refractivity contribution in [1.29, 1.82) is 0 Å². The van der Waals surface area contributed by atoms with Gasteiger partial charge >= 0.3 is 0 Å². The first-order valence-corrected chi connectivity index (χ1v) is 13.8. The molecule has 1 saturated carbocycles. The van der Waals surface area contributed by atoms with Crippen molar-refractivity contribution in [3.63, 3.8) is 0 Å². The van der Waals surface area contributed by atoms with Crippen LogP contribution in [-0.4, -0.2) is 20.4 Å². The molecule has 0 saturated heterocycles. The number of para-hydroxylation sites is 1. The van der Waals surface area contributed by atoms with Gasteiger partial charge in [-0.15, -0.1) is 0 Å². The molecule has 0 radical (unpaired) electrons. The number of hydrogen-bond acceptors (Lipinski definition) is 3. The van der Waals surface area contributed by atoms with Gasteiger partial charge < -0.3 is 4.57 Å². The van der Waals surface area contributed by atoms with Gasteiger partial charge in [0.15, 0.2) is 0 Å². The number of halogens is 1. The van der Waals surface area contributed by atoms with E-state index in [2.05, 4.69) is 76.1 Å². The van der Waals surface area contributed by atoms with E-state index in [1.54, 1.807) is 4.68 Å². The van der Waals surface area contributed by atoms with E-state index < -0.39 is 0 Å². The summed E-state index contributed by atoms with van der Waals surface area (Å²) < 4.78 is 4.67. The molecule has 0 aliphatic heterocycles. The standard InChI is InChI=1S/C31H29BrN4O/c1-21-8-7-9-22(16-21)19-35-20-24(26-12-5-6-13-29(26)35)18-33-36-30(23-10-3-2-4-11-23)34-28-15-14-25(32)17-27(28)31(36)37/h5-9,12-18,20,23H,2-4,10-11,19H2,1H3. The second-order valence-electron chi connectivity index (χ2n) is 10.0. The highest BCUT2D eigenvalue weighted by Gasteiger charge is 2.22. The van der Waals surface area contributed by atoms with Crippen molar-refractivity contribution in [3.8, 4) is 0 Å². The summed E-state index contributed by atoms with van der Waals surface area (Å²) in [5, 5.41) is 6.49. The molecule has 37 heavy (non-hydrogen) atoms. The number of aromatic nitrogens is 3. The summed E-state index contributed by atoms with van der Waals surface area (Å²) in [5.41, 5.74) is 5.25. The normalized spacial score (nSPS) is 14.8. The predicted molar refractivity (Wildman–Crippen MR) is 155 cm³/mol. The highest BCUT2D eigenvalue weighted by Crippen LogP contribution is 2.32. The van der Waals surface area contributed by atoms with Crippen LogP contribution < -0.4 is 5.56 Å². The molecule has 6 heteroatoms. The molecular formula is C31H29BrN4O. The molecular weight excluding hydrogens is 524 g/mol. The third-order valence-corrected chi connectivity index (χ3v) is 7.86.